The van der Waals surface area contributed by atoms with E-state index in [4.69, 9.17) is 14.7 Å². The highest BCUT2D eigenvalue weighted by atomic mass is 16.7. The molecule has 1 aromatic rings. The van der Waals surface area contributed by atoms with Gasteiger partial charge in [-0.2, -0.15) is 5.26 Å². The highest BCUT2D eigenvalue weighted by Gasteiger charge is 2.43. The van der Waals surface area contributed by atoms with Crippen LogP contribution >= 0.6 is 0 Å². The molecule has 1 saturated heterocycles. The number of hydrogen-bond acceptors (Lipinski definition) is 7. The van der Waals surface area contributed by atoms with E-state index in [2.05, 4.69) is 0 Å². The third-order valence-corrected chi connectivity index (χ3v) is 3.36. The predicted molar refractivity (Wildman–Crippen MR) is 70.4 cm³/mol. The average Bonchev–Trinajstić information content (AvgIpc) is 2.45. The minimum atomic E-state index is -1.45. The van der Waals surface area contributed by atoms with Crippen LogP contribution in [0, 0.1) is 11.3 Å². The summed E-state index contributed by atoms with van der Waals surface area (Å²) in [6.07, 6.45) is -5.86. The minimum Gasteiger partial charge on any atom is -0.504 e. The first-order chi connectivity index (χ1) is 9.93. The number of nitrogens with zero attached hydrogens (tertiary/aromatic N) is 1. The van der Waals surface area contributed by atoms with Crippen molar-refractivity contribution >= 4 is 0 Å². The summed E-state index contributed by atoms with van der Waals surface area (Å²) in [5.74, 6) is -0.150. The van der Waals surface area contributed by atoms with Crippen molar-refractivity contribution in [2.45, 2.75) is 44.1 Å². The number of hydrogen-bond donors (Lipinski definition) is 4. The maximum atomic E-state index is 9.84. The third-order valence-electron chi connectivity index (χ3n) is 3.36. The lowest BCUT2D eigenvalue weighted by atomic mass is 10.00. The SMILES string of the molecule is CC1OC(Oc2ccc(CC#N)cc2O)C(O)C(O)C1O. The van der Waals surface area contributed by atoms with Gasteiger partial charge in [0.15, 0.2) is 11.5 Å². The monoisotopic (exact) mass is 295 g/mol. The molecule has 21 heavy (non-hydrogen) atoms. The number of phenolic OH excluding ortho intramolecular Hbond substituents is 1. The van der Waals surface area contributed by atoms with Crippen molar-refractivity contribution in [3.63, 3.8) is 0 Å². The molecule has 1 aliphatic heterocycles. The summed E-state index contributed by atoms with van der Waals surface area (Å²) < 4.78 is 10.6. The van der Waals surface area contributed by atoms with Crippen molar-refractivity contribution in [1.82, 2.24) is 0 Å². The predicted octanol–water partition coefficient (Wildman–Crippen LogP) is -0.335. The molecule has 1 fully saturated rings. The molecular formula is C14H17NO6. The Morgan fingerprint density at radius 3 is 2.57 bits per heavy atom. The number of benzene rings is 1. The largest absolute Gasteiger partial charge is 0.504 e. The molecule has 1 aliphatic rings. The molecule has 0 aromatic heterocycles. The molecule has 0 bridgehead atoms. The summed E-state index contributed by atoms with van der Waals surface area (Å²) in [5, 5.41) is 47.5. The smallest absolute Gasteiger partial charge is 0.229 e. The fourth-order valence-electron chi connectivity index (χ4n) is 2.10. The van der Waals surface area contributed by atoms with Crippen LogP contribution in [0.5, 0.6) is 11.5 Å². The van der Waals surface area contributed by atoms with E-state index in [-0.39, 0.29) is 17.9 Å². The van der Waals surface area contributed by atoms with Crippen molar-refractivity contribution in [2.24, 2.45) is 0 Å². The second-order valence-corrected chi connectivity index (χ2v) is 4.94. The van der Waals surface area contributed by atoms with Gasteiger partial charge in [0.1, 0.15) is 18.3 Å². The van der Waals surface area contributed by atoms with Crippen LogP contribution in [0.15, 0.2) is 18.2 Å². The van der Waals surface area contributed by atoms with E-state index in [0.29, 0.717) is 5.56 Å². The number of aliphatic hydroxyl groups excluding tert-OH is 3. The molecule has 0 aliphatic carbocycles. The van der Waals surface area contributed by atoms with E-state index in [1.807, 2.05) is 6.07 Å². The van der Waals surface area contributed by atoms with E-state index in [1.165, 1.54) is 19.1 Å². The summed E-state index contributed by atoms with van der Waals surface area (Å²) >= 11 is 0. The van der Waals surface area contributed by atoms with Gasteiger partial charge in [0.05, 0.1) is 18.6 Å². The lowest BCUT2D eigenvalue weighted by molar-refractivity contribution is -0.268. The highest BCUT2D eigenvalue weighted by molar-refractivity contribution is 5.42. The maximum absolute atomic E-state index is 9.84. The quantitative estimate of drug-likeness (QED) is 0.601. The number of ether oxygens (including phenoxy) is 2. The number of nitriles is 1. The summed E-state index contributed by atoms with van der Waals surface area (Å²) in [6, 6.07) is 6.38. The normalized spacial score (nSPS) is 32.4. The molecule has 5 atom stereocenters. The van der Waals surface area contributed by atoms with Crippen molar-refractivity contribution in [2.75, 3.05) is 0 Å². The zero-order valence-electron chi connectivity index (χ0n) is 11.4. The molecule has 4 N–H and O–H groups in total. The van der Waals surface area contributed by atoms with Crippen molar-refractivity contribution in [3.8, 4) is 17.6 Å². The summed E-state index contributed by atoms with van der Waals surface area (Å²) in [5.41, 5.74) is 0.622. The Morgan fingerprint density at radius 2 is 1.95 bits per heavy atom. The Hall–Kier alpha value is -1.85. The van der Waals surface area contributed by atoms with E-state index < -0.39 is 30.7 Å². The van der Waals surface area contributed by atoms with Gasteiger partial charge in [-0.1, -0.05) is 6.07 Å². The third kappa shape index (κ3) is 3.25. The van der Waals surface area contributed by atoms with Gasteiger partial charge in [0, 0.05) is 0 Å². The molecular weight excluding hydrogens is 278 g/mol. The molecule has 0 saturated carbocycles. The first-order valence-corrected chi connectivity index (χ1v) is 6.49. The molecule has 0 radical (unpaired) electrons. The van der Waals surface area contributed by atoms with Crippen molar-refractivity contribution < 1.29 is 29.9 Å². The fraction of sp³-hybridized carbons (Fsp3) is 0.500. The van der Waals surface area contributed by atoms with Crippen LogP contribution < -0.4 is 4.74 Å². The Kier molecular flexibility index (Phi) is 4.65. The summed E-state index contributed by atoms with van der Waals surface area (Å²) in [4.78, 5) is 0. The molecule has 7 heteroatoms. The van der Waals surface area contributed by atoms with Crippen LogP contribution in [-0.4, -0.2) is 51.1 Å². The summed E-state index contributed by atoms with van der Waals surface area (Å²) in [7, 11) is 0. The zero-order valence-corrected chi connectivity index (χ0v) is 11.4. The van der Waals surface area contributed by atoms with Crippen LogP contribution in [0.2, 0.25) is 0 Å². The van der Waals surface area contributed by atoms with E-state index >= 15 is 0 Å². The number of aliphatic hydroxyl groups is 3. The van der Waals surface area contributed by atoms with Crippen molar-refractivity contribution in [1.29, 1.82) is 5.26 Å². The van der Waals surface area contributed by atoms with Crippen molar-refractivity contribution in [3.05, 3.63) is 23.8 Å². The molecule has 5 unspecified atom stereocenters. The Balaban J connectivity index is 2.13. The van der Waals surface area contributed by atoms with Gasteiger partial charge in [-0.05, 0) is 24.6 Å². The molecule has 1 aromatic carbocycles. The van der Waals surface area contributed by atoms with Gasteiger partial charge in [0.25, 0.3) is 0 Å². The molecule has 0 amide bonds. The highest BCUT2D eigenvalue weighted by Crippen LogP contribution is 2.31. The van der Waals surface area contributed by atoms with Crippen LogP contribution in [-0.2, 0) is 11.2 Å². The van der Waals surface area contributed by atoms with Crippen LogP contribution in [0.1, 0.15) is 12.5 Å². The van der Waals surface area contributed by atoms with Crippen LogP contribution in [0.25, 0.3) is 0 Å². The Morgan fingerprint density at radius 1 is 1.24 bits per heavy atom. The van der Waals surface area contributed by atoms with Gasteiger partial charge in [-0.25, -0.2) is 0 Å². The summed E-state index contributed by atoms with van der Waals surface area (Å²) in [6.45, 7) is 1.53. The topological polar surface area (TPSA) is 123 Å². The van der Waals surface area contributed by atoms with Gasteiger partial charge >= 0.3 is 0 Å². The minimum absolute atomic E-state index is 0.0523. The first-order valence-electron chi connectivity index (χ1n) is 6.49. The molecule has 2 rings (SSSR count). The lowest BCUT2D eigenvalue weighted by Crippen LogP contribution is -2.58. The van der Waals surface area contributed by atoms with E-state index in [0.717, 1.165) is 0 Å². The van der Waals surface area contributed by atoms with Gasteiger partial charge in [-0.3, -0.25) is 0 Å². The Labute approximate surface area is 121 Å². The second kappa shape index (κ2) is 6.28. The van der Waals surface area contributed by atoms with Crippen LogP contribution in [0.4, 0.5) is 0 Å². The second-order valence-electron chi connectivity index (χ2n) is 4.94. The zero-order chi connectivity index (χ0) is 15.6. The number of phenols is 1. The van der Waals surface area contributed by atoms with E-state index in [1.54, 1.807) is 6.07 Å². The van der Waals surface area contributed by atoms with Crippen LogP contribution in [0.3, 0.4) is 0 Å². The number of rotatable bonds is 3. The fourth-order valence-corrected chi connectivity index (χ4v) is 2.10. The number of aromatic hydroxyl groups is 1. The molecule has 1 heterocycles. The standard InChI is InChI=1S/C14H17NO6/c1-7-11(17)12(18)13(19)14(20-7)21-10-3-2-8(4-5-15)6-9(10)16/h2-3,6-7,11-14,16-19H,4H2,1H3. The molecule has 114 valence electrons. The van der Waals surface area contributed by atoms with Gasteiger partial charge in [0.2, 0.25) is 6.29 Å². The Bertz CT molecular complexity index is 543. The van der Waals surface area contributed by atoms with E-state index in [9.17, 15) is 20.4 Å². The van der Waals surface area contributed by atoms with Gasteiger partial charge in [-0.15, -0.1) is 0 Å². The molecule has 7 nitrogen and oxygen atoms in total. The first kappa shape index (κ1) is 15.5. The lowest BCUT2D eigenvalue weighted by Gasteiger charge is -2.38. The average molecular weight is 295 g/mol. The van der Waals surface area contributed by atoms with Gasteiger partial charge < -0.3 is 29.9 Å². The maximum Gasteiger partial charge on any atom is 0.229 e. The molecule has 0 spiro atoms.